The van der Waals surface area contributed by atoms with Gasteiger partial charge in [-0.15, -0.1) is 0 Å². The summed E-state index contributed by atoms with van der Waals surface area (Å²) < 4.78 is 13.7. The first-order valence-corrected chi connectivity index (χ1v) is 7.04. The Balaban J connectivity index is 2.17. The number of anilines is 1. The molecule has 1 aliphatic heterocycles. The quantitative estimate of drug-likeness (QED) is 0.627. The van der Waals surface area contributed by atoms with Crippen molar-refractivity contribution in [2.75, 3.05) is 18.0 Å². The Morgan fingerprint density at radius 3 is 2.95 bits per heavy atom. The number of halogens is 1. The third-order valence-corrected chi connectivity index (χ3v) is 3.96. The van der Waals surface area contributed by atoms with Crippen molar-refractivity contribution in [2.45, 2.75) is 19.8 Å². The number of nitrogens with zero attached hydrogens (tertiary/aromatic N) is 3. The van der Waals surface area contributed by atoms with Gasteiger partial charge in [0.25, 0.3) is 5.69 Å². The van der Waals surface area contributed by atoms with E-state index in [9.17, 15) is 14.5 Å². The van der Waals surface area contributed by atoms with Gasteiger partial charge in [-0.1, -0.05) is 6.92 Å². The van der Waals surface area contributed by atoms with Gasteiger partial charge in [0.1, 0.15) is 11.6 Å². The molecular weight excluding hydrogens is 273 g/mol. The van der Waals surface area contributed by atoms with Crippen LogP contribution in [0.5, 0.6) is 0 Å². The van der Waals surface area contributed by atoms with Crippen molar-refractivity contribution >= 4 is 22.3 Å². The van der Waals surface area contributed by atoms with Crippen LogP contribution in [0.15, 0.2) is 24.4 Å². The summed E-state index contributed by atoms with van der Waals surface area (Å²) in [6.07, 6.45) is 3.77. The molecular formula is C15H16FN3O2. The number of pyridine rings is 1. The van der Waals surface area contributed by atoms with Gasteiger partial charge in [0.2, 0.25) is 0 Å². The summed E-state index contributed by atoms with van der Waals surface area (Å²) in [5.41, 5.74) is -0.210. The standard InChI is InChI=1S/C15H16FN3O2/c1-10-3-2-6-18(9-10)15-13-7-11(16)8-14(19(20)21)12(13)4-5-17-15/h4-5,7-8,10H,2-3,6,9H2,1H3. The molecule has 2 aromatic rings. The highest BCUT2D eigenvalue weighted by atomic mass is 19.1. The Kier molecular flexibility index (Phi) is 3.45. The second-order valence-corrected chi connectivity index (χ2v) is 5.61. The van der Waals surface area contributed by atoms with E-state index in [-0.39, 0.29) is 5.69 Å². The van der Waals surface area contributed by atoms with E-state index >= 15 is 0 Å². The zero-order valence-corrected chi connectivity index (χ0v) is 11.8. The van der Waals surface area contributed by atoms with Crippen LogP contribution in [0.3, 0.4) is 0 Å². The molecule has 0 radical (unpaired) electrons. The van der Waals surface area contributed by atoms with Crippen LogP contribution in [0, 0.1) is 21.8 Å². The van der Waals surface area contributed by atoms with Crippen LogP contribution < -0.4 is 4.90 Å². The smallest absolute Gasteiger partial charge is 0.280 e. The summed E-state index contributed by atoms with van der Waals surface area (Å²) >= 11 is 0. The topological polar surface area (TPSA) is 59.3 Å². The summed E-state index contributed by atoms with van der Waals surface area (Å²) in [4.78, 5) is 17.0. The molecule has 0 saturated carbocycles. The average molecular weight is 289 g/mol. The number of aromatic nitrogens is 1. The third-order valence-electron chi connectivity index (χ3n) is 3.96. The van der Waals surface area contributed by atoms with Crippen LogP contribution in [0.2, 0.25) is 0 Å². The van der Waals surface area contributed by atoms with E-state index in [0.717, 1.165) is 32.0 Å². The van der Waals surface area contributed by atoms with E-state index < -0.39 is 10.7 Å². The molecule has 1 fully saturated rings. The van der Waals surface area contributed by atoms with Crippen molar-refractivity contribution < 1.29 is 9.31 Å². The van der Waals surface area contributed by atoms with Gasteiger partial charge in [-0.25, -0.2) is 9.37 Å². The molecule has 1 aromatic heterocycles. The minimum absolute atomic E-state index is 0.210. The lowest BCUT2D eigenvalue weighted by molar-refractivity contribution is -0.383. The average Bonchev–Trinajstić information content (AvgIpc) is 2.45. The SMILES string of the molecule is CC1CCCN(c2nccc3c([N+](=O)[O-])cc(F)cc23)C1. The Bertz CT molecular complexity index is 705. The Morgan fingerprint density at radius 2 is 2.24 bits per heavy atom. The highest BCUT2D eigenvalue weighted by Gasteiger charge is 2.22. The molecule has 0 N–H and O–H groups in total. The van der Waals surface area contributed by atoms with Gasteiger partial charge in [-0.05, 0) is 30.9 Å². The molecule has 2 heterocycles. The van der Waals surface area contributed by atoms with E-state index in [0.29, 0.717) is 22.5 Å². The minimum atomic E-state index is -0.603. The van der Waals surface area contributed by atoms with Crippen LogP contribution in [0.1, 0.15) is 19.8 Å². The van der Waals surface area contributed by atoms with Crippen LogP contribution in [-0.2, 0) is 0 Å². The zero-order valence-electron chi connectivity index (χ0n) is 11.8. The second kappa shape index (κ2) is 5.27. The first kappa shape index (κ1) is 13.7. The Morgan fingerprint density at radius 1 is 1.43 bits per heavy atom. The van der Waals surface area contributed by atoms with Crippen molar-refractivity contribution in [1.82, 2.24) is 4.98 Å². The number of rotatable bonds is 2. The molecule has 5 nitrogen and oxygen atoms in total. The fourth-order valence-corrected chi connectivity index (χ4v) is 3.00. The van der Waals surface area contributed by atoms with Crippen molar-refractivity contribution in [3.63, 3.8) is 0 Å². The zero-order chi connectivity index (χ0) is 15.0. The molecule has 6 heteroatoms. The van der Waals surface area contributed by atoms with Crippen molar-refractivity contribution in [1.29, 1.82) is 0 Å². The first-order chi connectivity index (χ1) is 10.1. The number of benzene rings is 1. The van der Waals surface area contributed by atoms with Gasteiger partial charge in [0.15, 0.2) is 0 Å². The van der Waals surface area contributed by atoms with E-state index in [1.165, 1.54) is 6.07 Å². The van der Waals surface area contributed by atoms with Crippen molar-refractivity contribution in [3.8, 4) is 0 Å². The van der Waals surface area contributed by atoms with E-state index in [1.807, 2.05) is 0 Å². The number of piperidine rings is 1. The molecule has 1 unspecified atom stereocenters. The van der Waals surface area contributed by atoms with Crippen molar-refractivity contribution in [3.05, 3.63) is 40.3 Å². The number of hydrogen-bond acceptors (Lipinski definition) is 4. The molecule has 1 aromatic carbocycles. The Labute approximate surface area is 121 Å². The van der Waals surface area contributed by atoms with E-state index in [1.54, 1.807) is 12.3 Å². The van der Waals surface area contributed by atoms with E-state index in [2.05, 4.69) is 16.8 Å². The van der Waals surface area contributed by atoms with Crippen LogP contribution in [0.25, 0.3) is 10.8 Å². The highest BCUT2D eigenvalue weighted by Crippen LogP contribution is 2.33. The number of nitro groups is 1. The molecule has 110 valence electrons. The molecule has 0 amide bonds. The molecule has 0 bridgehead atoms. The fraction of sp³-hybridized carbons (Fsp3) is 0.400. The maximum Gasteiger partial charge on any atom is 0.280 e. The van der Waals surface area contributed by atoms with E-state index in [4.69, 9.17) is 0 Å². The summed E-state index contributed by atoms with van der Waals surface area (Å²) in [5, 5.41) is 12.1. The molecule has 0 spiro atoms. The summed E-state index contributed by atoms with van der Waals surface area (Å²) in [7, 11) is 0. The maximum absolute atomic E-state index is 13.7. The van der Waals surface area contributed by atoms with Gasteiger partial charge >= 0.3 is 0 Å². The predicted octanol–water partition coefficient (Wildman–Crippen LogP) is 3.52. The third kappa shape index (κ3) is 2.53. The molecule has 3 rings (SSSR count). The van der Waals surface area contributed by atoms with Crippen LogP contribution >= 0.6 is 0 Å². The van der Waals surface area contributed by atoms with Gasteiger partial charge in [0, 0.05) is 24.7 Å². The minimum Gasteiger partial charge on any atom is -0.356 e. The predicted molar refractivity (Wildman–Crippen MR) is 79.0 cm³/mol. The van der Waals surface area contributed by atoms with Gasteiger partial charge < -0.3 is 4.90 Å². The summed E-state index contributed by atoms with van der Waals surface area (Å²) in [6, 6.07) is 3.87. The monoisotopic (exact) mass is 289 g/mol. The number of hydrogen-bond donors (Lipinski definition) is 0. The molecule has 21 heavy (non-hydrogen) atoms. The lowest BCUT2D eigenvalue weighted by Gasteiger charge is -2.32. The fourth-order valence-electron chi connectivity index (χ4n) is 3.00. The van der Waals surface area contributed by atoms with Gasteiger partial charge in [0.05, 0.1) is 16.4 Å². The lowest BCUT2D eigenvalue weighted by Crippen LogP contribution is -2.34. The largest absolute Gasteiger partial charge is 0.356 e. The molecule has 0 aliphatic carbocycles. The molecule has 1 saturated heterocycles. The summed E-state index contributed by atoms with van der Waals surface area (Å²) in [5.74, 6) is 0.578. The normalized spacial score (nSPS) is 19.0. The number of fused-ring (bicyclic) bond motifs is 1. The Hall–Kier alpha value is -2.24. The molecule has 1 aliphatic rings. The molecule has 1 atom stereocenters. The van der Waals surface area contributed by atoms with Gasteiger partial charge in [-0.3, -0.25) is 10.1 Å². The number of non-ortho nitro benzene ring substituents is 1. The first-order valence-electron chi connectivity index (χ1n) is 7.04. The van der Waals surface area contributed by atoms with Gasteiger partial charge in [-0.2, -0.15) is 0 Å². The maximum atomic E-state index is 13.7. The summed E-state index contributed by atoms with van der Waals surface area (Å²) in [6.45, 7) is 3.86. The lowest BCUT2D eigenvalue weighted by atomic mass is 9.99. The van der Waals surface area contributed by atoms with Crippen molar-refractivity contribution in [2.24, 2.45) is 5.92 Å². The second-order valence-electron chi connectivity index (χ2n) is 5.61. The van der Waals surface area contributed by atoms with Crippen LogP contribution in [0.4, 0.5) is 15.9 Å². The van der Waals surface area contributed by atoms with Crippen LogP contribution in [-0.4, -0.2) is 23.0 Å². The highest BCUT2D eigenvalue weighted by molar-refractivity contribution is 5.98. The number of nitro benzene ring substituents is 1.